The number of halogens is 1. The fraction of sp³-hybridized carbons (Fsp3) is 0.0500. The van der Waals surface area contributed by atoms with Gasteiger partial charge in [-0.2, -0.15) is 0 Å². The monoisotopic (exact) mass is 490 g/mol. The highest BCUT2D eigenvalue weighted by Gasteiger charge is 2.20. The summed E-state index contributed by atoms with van der Waals surface area (Å²) in [6, 6.07) is 11.8. The standard InChI is InChI=1S/C20H15ClN4O5S2/c1-30-14-4-2-12-8-9-25(19(26)15(12)10-14)17-6-3-13(11-22-17)23-20(27)24-32(28,29)18-7-5-16(21)31-18/h2-11H,1H3,(H2,23,24,27). The van der Waals surface area contributed by atoms with Crippen molar-refractivity contribution >= 4 is 55.5 Å². The molecular weight excluding hydrogens is 476 g/mol. The van der Waals surface area contributed by atoms with Crippen LogP contribution in [-0.2, 0) is 10.0 Å². The van der Waals surface area contributed by atoms with E-state index in [2.05, 4.69) is 10.3 Å². The number of carbonyl (C=O) groups is 1. The van der Waals surface area contributed by atoms with E-state index in [1.165, 1.54) is 42.1 Å². The number of hydrogen-bond donors (Lipinski definition) is 2. The van der Waals surface area contributed by atoms with Crippen LogP contribution < -0.4 is 20.3 Å². The molecule has 1 aromatic carbocycles. The summed E-state index contributed by atoms with van der Waals surface area (Å²) in [6.45, 7) is 0. The zero-order valence-corrected chi connectivity index (χ0v) is 18.8. The lowest BCUT2D eigenvalue weighted by atomic mass is 10.1. The van der Waals surface area contributed by atoms with Crippen LogP contribution in [0.4, 0.5) is 10.5 Å². The highest BCUT2D eigenvalue weighted by atomic mass is 35.5. The van der Waals surface area contributed by atoms with Gasteiger partial charge >= 0.3 is 6.03 Å². The lowest BCUT2D eigenvalue weighted by Gasteiger charge is -2.10. The molecule has 0 unspecified atom stereocenters. The van der Waals surface area contributed by atoms with Gasteiger partial charge in [-0.3, -0.25) is 9.36 Å². The number of methoxy groups -OCH3 is 1. The Kier molecular flexibility index (Phi) is 5.87. The lowest BCUT2D eigenvalue weighted by molar-refractivity contribution is 0.256. The van der Waals surface area contributed by atoms with Gasteiger partial charge in [-0.15, -0.1) is 11.3 Å². The predicted molar refractivity (Wildman–Crippen MR) is 123 cm³/mol. The van der Waals surface area contributed by atoms with E-state index in [-0.39, 0.29) is 19.8 Å². The molecule has 0 aliphatic carbocycles. The smallest absolute Gasteiger partial charge is 0.333 e. The molecule has 0 aliphatic rings. The van der Waals surface area contributed by atoms with E-state index in [0.29, 0.717) is 17.0 Å². The molecule has 3 heterocycles. The maximum Gasteiger partial charge on any atom is 0.333 e. The minimum absolute atomic E-state index is 0.0848. The van der Waals surface area contributed by atoms with Crippen LogP contribution in [0.1, 0.15) is 0 Å². The molecule has 4 rings (SSSR count). The number of anilines is 1. The quantitative estimate of drug-likeness (QED) is 0.441. The molecule has 0 atom stereocenters. The van der Waals surface area contributed by atoms with Crippen LogP contribution in [0.3, 0.4) is 0 Å². The van der Waals surface area contributed by atoms with E-state index < -0.39 is 16.1 Å². The van der Waals surface area contributed by atoms with E-state index in [9.17, 15) is 18.0 Å². The molecule has 0 aliphatic heterocycles. The number of ether oxygens (including phenoxy) is 1. The summed E-state index contributed by atoms with van der Waals surface area (Å²) in [6.07, 6.45) is 2.91. The summed E-state index contributed by atoms with van der Waals surface area (Å²) >= 11 is 6.57. The van der Waals surface area contributed by atoms with Gasteiger partial charge < -0.3 is 10.1 Å². The first-order valence-electron chi connectivity index (χ1n) is 9.02. The van der Waals surface area contributed by atoms with Crippen LogP contribution in [0.2, 0.25) is 4.34 Å². The van der Waals surface area contributed by atoms with E-state index in [0.717, 1.165) is 16.7 Å². The number of amides is 2. The van der Waals surface area contributed by atoms with Gasteiger partial charge in [0.1, 0.15) is 15.8 Å². The Bertz CT molecular complexity index is 1480. The van der Waals surface area contributed by atoms with Crippen molar-refractivity contribution in [3.05, 3.63) is 75.6 Å². The molecule has 0 fully saturated rings. The largest absolute Gasteiger partial charge is 0.497 e. The van der Waals surface area contributed by atoms with E-state index in [1.54, 1.807) is 30.5 Å². The molecule has 9 nitrogen and oxygen atoms in total. The van der Waals surface area contributed by atoms with Gasteiger partial charge in [0.15, 0.2) is 0 Å². The van der Waals surface area contributed by atoms with E-state index >= 15 is 0 Å². The van der Waals surface area contributed by atoms with Gasteiger partial charge in [0.25, 0.3) is 15.6 Å². The number of rotatable bonds is 5. The molecule has 2 N–H and O–H groups in total. The Labute approximate surface area is 191 Å². The van der Waals surface area contributed by atoms with E-state index in [1.807, 2.05) is 4.72 Å². The third-order valence-electron chi connectivity index (χ3n) is 4.41. The van der Waals surface area contributed by atoms with Gasteiger partial charge in [0.2, 0.25) is 0 Å². The normalized spacial score (nSPS) is 11.3. The summed E-state index contributed by atoms with van der Waals surface area (Å²) in [5.74, 6) is 0.886. The maximum atomic E-state index is 12.9. The molecule has 12 heteroatoms. The van der Waals surface area contributed by atoms with Crippen molar-refractivity contribution in [2.75, 3.05) is 12.4 Å². The lowest BCUT2D eigenvalue weighted by Crippen LogP contribution is -2.34. The first-order valence-corrected chi connectivity index (χ1v) is 11.7. The first kappa shape index (κ1) is 21.8. The summed E-state index contributed by atoms with van der Waals surface area (Å²) in [4.78, 5) is 29.2. The van der Waals surface area contributed by atoms with Crippen LogP contribution in [0, 0.1) is 0 Å². The molecule has 164 valence electrons. The average molecular weight is 491 g/mol. The number of aromatic nitrogens is 2. The van der Waals surface area contributed by atoms with Crippen LogP contribution in [0.5, 0.6) is 5.75 Å². The van der Waals surface area contributed by atoms with E-state index in [4.69, 9.17) is 16.3 Å². The summed E-state index contributed by atoms with van der Waals surface area (Å²) in [7, 11) is -2.53. The number of nitrogens with zero attached hydrogens (tertiary/aromatic N) is 2. The average Bonchev–Trinajstić information content (AvgIpc) is 3.21. The second-order valence-electron chi connectivity index (χ2n) is 6.47. The van der Waals surface area contributed by atoms with Gasteiger partial charge in [-0.1, -0.05) is 17.7 Å². The molecular formula is C20H15ClN4O5S2. The molecule has 4 aromatic rings. The van der Waals surface area contributed by atoms with Crippen molar-refractivity contribution in [3.63, 3.8) is 0 Å². The van der Waals surface area contributed by atoms with Crippen LogP contribution in [0.15, 0.2) is 69.9 Å². The van der Waals surface area contributed by atoms with Gasteiger partial charge in [0, 0.05) is 6.20 Å². The first-order chi connectivity index (χ1) is 15.3. The molecule has 2 amide bonds. The highest BCUT2D eigenvalue weighted by molar-refractivity contribution is 7.92. The molecule has 32 heavy (non-hydrogen) atoms. The maximum absolute atomic E-state index is 12.9. The summed E-state index contributed by atoms with van der Waals surface area (Å²) in [5.41, 5.74) is -0.0470. The van der Waals surface area contributed by atoms with Crippen molar-refractivity contribution < 1.29 is 17.9 Å². The van der Waals surface area contributed by atoms with Gasteiger partial charge in [-0.25, -0.2) is 22.9 Å². The third-order valence-corrected chi connectivity index (χ3v) is 7.46. The number of urea groups is 1. The zero-order chi connectivity index (χ0) is 22.9. The van der Waals surface area contributed by atoms with Crippen molar-refractivity contribution in [1.82, 2.24) is 14.3 Å². The van der Waals surface area contributed by atoms with Crippen LogP contribution >= 0.6 is 22.9 Å². The number of hydrogen-bond acceptors (Lipinski definition) is 7. The van der Waals surface area contributed by atoms with Crippen LogP contribution in [0.25, 0.3) is 16.6 Å². The minimum atomic E-state index is -4.05. The third kappa shape index (κ3) is 4.44. The molecule has 0 saturated carbocycles. The Morgan fingerprint density at radius 2 is 1.97 bits per heavy atom. The number of thiophene rings is 1. The Morgan fingerprint density at radius 1 is 1.16 bits per heavy atom. The molecule has 3 aromatic heterocycles. The fourth-order valence-electron chi connectivity index (χ4n) is 2.90. The fourth-order valence-corrected chi connectivity index (χ4v) is 5.29. The second kappa shape index (κ2) is 8.61. The number of carbonyl (C=O) groups excluding carboxylic acids is 1. The number of pyridine rings is 2. The number of sulfonamides is 1. The zero-order valence-electron chi connectivity index (χ0n) is 16.4. The van der Waals surface area contributed by atoms with Crippen molar-refractivity contribution in [2.45, 2.75) is 4.21 Å². The predicted octanol–water partition coefficient (Wildman–Crippen LogP) is 3.62. The SMILES string of the molecule is COc1ccc2ccn(-c3ccc(NC(=O)NS(=O)(=O)c4ccc(Cl)s4)cn3)c(=O)c2c1. The number of fused-ring (bicyclic) bond motifs is 1. The number of benzene rings is 1. The second-order valence-corrected chi connectivity index (χ2v) is 10.1. The Morgan fingerprint density at radius 3 is 2.62 bits per heavy atom. The highest BCUT2D eigenvalue weighted by Crippen LogP contribution is 2.25. The van der Waals surface area contributed by atoms with Crippen molar-refractivity contribution in [1.29, 1.82) is 0 Å². The molecule has 0 saturated heterocycles. The topological polar surface area (TPSA) is 119 Å². The van der Waals surface area contributed by atoms with Gasteiger partial charge in [0.05, 0.1) is 28.7 Å². The van der Waals surface area contributed by atoms with Gasteiger partial charge in [-0.05, 0) is 47.9 Å². The summed E-state index contributed by atoms with van der Waals surface area (Å²) in [5, 5.41) is 3.61. The Hall–Kier alpha value is -3.41. The van der Waals surface area contributed by atoms with Crippen molar-refractivity contribution in [2.24, 2.45) is 0 Å². The van der Waals surface area contributed by atoms with Crippen LogP contribution in [-0.4, -0.2) is 31.1 Å². The number of nitrogens with one attached hydrogen (secondary N) is 2. The minimum Gasteiger partial charge on any atom is -0.497 e. The molecule has 0 spiro atoms. The molecule has 0 radical (unpaired) electrons. The van der Waals surface area contributed by atoms with Crippen molar-refractivity contribution in [3.8, 4) is 11.6 Å². The summed E-state index contributed by atoms with van der Waals surface area (Å²) < 4.78 is 33.0. The molecule has 0 bridgehead atoms. The Balaban J connectivity index is 1.53.